The molecular formula is C28H21N3O2S. The van der Waals surface area contributed by atoms with Gasteiger partial charge in [0.15, 0.2) is 5.82 Å². The Balaban J connectivity index is 1.38. The maximum Gasteiger partial charge on any atom is 0.291 e. The zero-order valence-electron chi connectivity index (χ0n) is 18.7. The minimum absolute atomic E-state index is 0.0384. The van der Waals surface area contributed by atoms with E-state index in [9.17, 15) is 4.79 Å². The summed E-state index contributed by atoms with van der Waals surface area (Å²) in [4.78, 5) is 18.4. The molecule has 0 N–H and O–H groups in total. The molecule has 0 aliphatic carbocycles. The third-order valence-corrected chi connectivity index (χ3v) is 7.23. The van der Waals surface area contributed by atoms with Crippen LogP contribution in [-0.4, -0.2) is 21.7 Å². The normalized spacial score (nSPS) is 13.2. The highest BCUT2D eigenvalue weighted by Gasteiger charge is 2.18. The Hall–Kier alpha value is -4.03. The van der Waals surface area contributed by atoms with Crippen molar-refractivity contribution in [2.24, 2.45) is 0 Å². The average molecular weight is 464 g/mol. The summed E-state index contributed by atoms with van der Waals surface area (Å²) in [5.74, 6) is 1.44. The van der Waals surface area contributed by atoms with E-state index < -0.39 is 0 Å². The van der Waals surface area contributed by atoms with Crippen LogP contribution in [0.1, 0.15) is 29.8 Å². The second-order valence-electron chi connectivity index (χ2n) is 8.34. The van der Waals surface area contributed by atoms with Gasteiger partial charge in [0, 0.05) is 5.92 Å². The highest BCUT2D eigenvalue weighted by atomic mass is 32.1. The summed E-state index contributed by atoms with van der Waals surface area (Å²) < 4.78 is 7.38. The predicted octanol–water partition coefficient (Wildman–Crippen LogP) is 5.17. The molecule has 5 nitrogen and oxygen atoms in total. The third kappa shape index (κ3) is 3.43. The lowest BCUT2D eigenvalue weighted by Gasteiger charge is -2.10. The zero-order valence-corrected chi connectivity index (χ0v) is 19.5. The minimum Gasteiger partial charge on any atom is -0.497 e. The second kappa shape index (κ2) is 8.08. The zero-order chi connectivity index (χ0) is 23.2. The van der Waals surface area contributed by atoms with Gasteiger partial charge in [-0.15, -0.1) is 5.10 Å². The van der Waals surface area contributed by atoms with Gasteiger partial charge >= 0.3 is 0 Å². The van der Waals surface area contributed by atoms with Crippen molar-refractivity contribution >= 4 is 43.9 Å². The van der Waals surface area contributed by atoms with Gasteiger partial charge in [0.1, 0.15) is 5.75 Å². The molecule has 2 aromatic heterocycles. The second-order valence-corrected chi connectivity index (χ2v) is 9.35. The molecule has 0 saturated heterocycles. The molecule has 0 radical (unpaired) electrons. The van der Waals surface area contributed by atoms with E-state index in [1.165, 1.54) is 15.9 Å². The number of fused-ring (bicyclic) bond motifs is 3. The van der Waals surface area contributed by atoms with Gasteiger partial charge in [-0.2, -0.15) is 4.52 Å². The number of rotatable bonds is 4. The molecule has 0 bridgehead atoms. The number of benzene rings is 4. The highest BCUT2D eigenvalue weighted by molar-refractivity contribution is 7.15. The fourth-order valence-electron chi connectivity index (χ4n) is 4.34. The Morgan fingerprint density at radius 3 is 2.59 bits per heavy atom. The Morgan fingerprint density at radius 2 is 1.74 bits per heavy atom. The van der Waals surface area contributed by atoms with Crippen molar-refractivity contribution in [1.29, 1.82) is 0 Å². The van der Waals surface area contributed by atoms with Crippen LogP contribution in [0.2, 0.25) is 0 Å². The van der Waals surface area contributed by atoms with E-state index in [2.05, 4.69) is 54.5 Å². The summed E-state index contributed by atoms with van der Waals surface area (Å²) in [5, 5.41) is 9.09. The molecule has 1 atom stereocenters. The number of thiazole rings is 1. The van der Waals surface area contributed by atoms with Crippen LogP contribution in [0.5, 0.6) is 5.75 Å². The lowest BCUT2D eigenvalue weighted by Crippen LogP contribution is -2.24. The summed E-state index contributed by atoms with van der Waals surface area (Å²) in [6.07, 6.45) is 1.94. The lowest BCUT2D eigenvalue weighted by molar-refractivity contribution is 0.415. The van der Waals surface area contributed by atoms with Gasteiger partial charge in [-0.05, 0) is 50.9 Å². The largest absolute Gasteiger partial charge is 0.497 e. The molecule has 4 aromatic carbocycles. The molecule has 0 amide bonds. The molecule has 6 heteroatoms. The van der Waals surface area contributed by atoms with Crippen LogP contribution in [-0.2, 0) is 0 Å². The predicted molar refractivity (Wildman–Crippen MR) is 138 cm³/mol. The maximum atomic E-state index is 13.1. The molecule has 6 rings (SSSR count). The molecule has 1 unspecified atom stereocenters. The monoisotopic (exact) mass is 463 g/mol. The lowest BCUT2D eigenvalue weighted by atomic mass is 9.97. The van der Waals surface area contributed by atoms with Crippen LogP contribution in [0.3, 0.4) is 0 Å². The van der Waals surface area contributed by atoms with E-state index in [0.29, 0.717) is 15.3 Å². The summed E-state index contributed by atoms with van der Waals surface area (Å²) in [7, 11) is 1.67. The van der Waals surface area contributed by atoms with E-state index in [4.69, 9.17) is 9.72 Å². The quantitative estimate of drug-likeness (QED) is 0.362. The van der Waals surface area contributed by atoms with Gasteiger partial charge in [-0.25, -0.2) is 4.98 Å². The van der Waals surface area contributed by atoms with Crippen molar-refractivity contribution < 1.29 is 4.74 Å². The van der Waals surface area contributed by atoms with Crippen LogP contribution in [0.4, 0.5) is 0 Å². The van der Waals surface area contributed by atoms with Gasteiger partial charge in [-0.1, -0.05) is 85.0 Å². The number of hydrogen-bond acceptors (Lipinski definition) is 5. The minimum atomic E-state index is -0.135. The molecule has 166 valence electrons. The molecule has 0 spiro atoms. The van der Waals surface area contributed by atoms with Crippen LogP contribution in [0, 0.1) is 0 Å². The Morgan fingerprint density at radius 1 is 0.941 bits per heavy atom. The number of nitrogens with zero attached hydrogens (tertiary/aromatic N) is 3. The molecule has 2 heterocycles. The summed E-state index contributed by atoms with van der Waals surface area (Å²) >= 11 is 1.37. The summed E-state index contributed by atoms with van der Waals surface area (Å²) in [6.45, 7) is 2.07. The van der Waals surface area contributed by atoms with Gasteiger partial charge in [0.05, 0.1) is 11.6 Å². The van der Waals surface area contributed by atoms with Crippen molar-refractivity contribution in [2.75, 3.05) is 7.11 Å². The van der Waals surface area contributed by atoms with Crippen molar-refractivity contribution in [1.82, 2.24) is 14.6 Å². The summed E-state index contributed by atoms with van der Waals surface area (Å²) in [5.41, 5.74) is 1.98. The molecule has 0 aliphatic heterocycles. The van der Waals surface area contributed by atoms with Gasteiger partial charge < -0.3 is 4.74 Å². The fourth-order valence-corrected chi connectivity index (χ4v) is 5.24. The van der Waals surface area contributed by atoms with Crippen molar-refractivity contribution in [2.45, 2.75) is 12.8 Å². The van der Waals surface area contributed by atoms with Crippen molar-refractivity contribution in [3.8, 4) is 5.75 Å². The van der Waals surface area contributed by atoms with Crippen molar-refractivity contribution in [3.63, 3.8) is 0 Å². The van der Waals surface area contributed by atoms with E-state index in [1.54, 1.807) is 7.11 Å². The number of methoxy groups -OCH3 is 1. The van der Waals surface area contributed by atoms with Crippen LogP contribution in [0.25, 0.3) is 32.6 Å². The molecule has 0 aliphatic rings. The van der Waals surface area contributed by atoms with Crippen LogP contribution >= 0.6 is 11.3 Å². The van der Waals surface area contributed by atoms with E-state index in [1.807, 2.05) is 42.5 Å². The highest BCUT2D eigenvalue weighted by Crippen LogP contribution is 2.28. The Bertz CT molecular complexity index is 1800. The van der Waals surface area contributed by atoms with Gasteiger partial charge in [0.2, 0.25) is 4.96 Å². The van der Waals surface area contributed by atoms with Crippen LogP contribution in [0.15, 0.2) is 83.7 Å². The molecule has 0 fully saturated rings. The Labute approximate surface area is 199 Å². The average Bonchev–Trinajstić information content (AvgIpc) is 3.42. The first-order valence-corrected chi connectivity index (χ1v) is 11.9. The molecule has 6 aromatic rings. The first-order valence-electron chi connectivity index (χ1n) is 11.1. The Kier molecular flexibility index (Phi) is 4.89. The molecule has 0 saturated carbocycles. The third-order valence-electron chi connectivity index (χ3n) is 6.27. The van der Waals surface area contributed by atoms with Crippen LogP contribution < -0.4 is 14.8 Å². The van der Waals surface area contributed by atoms with E-state index >= 15 is 0 Å². The topological polar surface area (TPSA) is 56.5 Å². The fraction of sp³-hybridized carbons (Fsp3) is 0.107. The van der Waals surface area contributed by atoms with Crippen molar-refractivity contribution in [3.05, 3.63) is 111 Å². The number of ether oxygens (including phenoxy) is 1. The smallest absolute Gasteiger partial charge is 0.291 e. The summed E-state index contributed by atoms with van der Waals surface area (Å²) in [6, 6.07) is 26.6. The van der Waals surface area contributed by atoms with E-state index in [-0.39, 0.29) is 11.5 Å². The molecular weight excluding hydrogens is 442 g/mol. The maximum absolute atomic E-state index is 13.1. The first kappa shape index (κ1) is 20.6. The standard InChI is InChI=1S/C28H21N3O2S/c1-17(19-10-11-21-15-23(33-2)13-12-20(21)14-19)26-29-28-31(30-26)27(32)25(34-28)16-22-8-5-7-18-6-3-4-9-24(18)22/h3-17H,1-2H3/b25-16-. The van der Waals surface area contributed by atoms with Gasteiger partial charge in [0.25, 0.3) is 5.56 Å². The number of aromatic nitrogens is 3. The molecule has 34 heavy (non-hydrogen) atoms. The first-order chi connectivity index (χ1) is 16.6. The number of hydrogen-bond donors (Lipinski definition) is 0. The van der Waals surface area contributed by atoms with E-state index in [0.717, 1.165) is 38.4 Å². The SMILES string of the molecule is COc1ccc2cc(C(C)c3nc4s/c(=C\c5cccc6ccccc56)c(=O)n4n3)ccc2c1. The van der Waals surface area contributed by atoms with Gasteiger partial charge in [-0.3, -0.25) is 4.79 Å².